The van der Waals surface area contributed by atoms with Crippen LogP contribution in [0.3, 0.4) is 0 Å². The summed E-state index contributed by atoms with van der Waals surface area (Å²) < 4.78 is 0. The lowest BCUT2D eigenvalue weighted by molar-refractivity contribution is -0.961. The Kier molecular flexibility index (Phi) is 1.97. The minimum atomic E-state index is -0.362. The van der Waals surface area contributed by atoms with Crippen LogP contribution in [0.5, 0.6) is 0 Å². The second-order valence-corrected chi connectivity index (χ2v) is 9.34. The molecule has 7 rings (SSSR count). The van der Waals surface area contributed by atoms with Crippen LogP contribution in [-0.2, 0) is 6.42 Å². The van der Waals surface area contributed by atoms with Crippen molar-refractivity contribution < 1.29 is 14.8 Å². The van der Waals surface area contributed by atoms with Crippen LogP contribution in [-0.4, -0.2) is 39.9 Å². The van der Waals surface area contributed by atoms with Crippen molar-refractivity contribution in [3.05, 3.63) is 45.3 Å². The molecule has 1 aromatic heterocycles. The summed E-state index contributed by atoms with van der Waals surface area (Å²) in [4.78, 5) is 19.2. The monoisotopic (exact) mass is 340 g/mol. The van der Waals surface area contributed by atoms with E-state index in [9.17, 15) is 9.90 Å². The maximum Gasteiger partial charge on any atom is 0.225 e. The highest BCUT2D eigenvalue weighted by Gasteiger charge is 2.66. The van der Waals surface area contributed by atoms with E-state index in [-0.39, 0.29) is 34.8 Å². The van der Waals surface area contributed by atoms with E-state index in [0.29, 0.717) is 0 Å². The van der Waals surface area contributed by atoms with Crippen LogP contribution in [0.15, 0.2) is 28.4 Å². The van der Waals surface area contributed by atoms with Gasteiger partial charge in [-0.1, -0.05) is 0 Å². The first-order valence-corrected chi connectivity index (χ1v) is 9.74. The highest BCUT2D eigenvalue weighted by Crippen LogP contribution is 2.66. The zero-order valence-corrected chi connectivity index (χ0v) is 13.9. The molecule has 6 heteroatoms. The first-order chi connectivity index (χ1) is 11.7. The second-order valence-electron chi connectivity index (χ2n) is 8.10. The molecule has 6 atom stereocenters. The number of carbonyl (C=O) groups is 1. The Balaban J connectivity index is 1.62. The molecule has 6 unspecified atom stereocenters. The highest BCUT2D eigenvalue weighted by molar-refractivity contribution is 8.04. The number of aliphatic hydroxyl groups is 1. The van der Waals surface area contributed by atoms with E-state index in [1.165, 1.54) is 26.5 Å². The van der Waals surface area contributed by atoms with Crippen molar-refractivity contribution in [2.45, 2.75) is 42.8 Å². The molecule has 4 N–H and O–H groups in total. The number of aliphatic hydroxyl groups excluding tert-OH is 1. The molecule has 122 valence electrons. The molecule has 5 nitrogen and oxygen atoms in total. The van der Waals surface area contributed by atoms with E-state index in [1.807, 2.05) is 18.0 Å². The van der Waals surface area contributed by atoms with Gasteiger partial charge >= 0.3 is 0 Å². The van der Waals surface area contributed by atoms with E-state index in [4.69, 9.17) is 0 Å². The predicted molar refractivity (Wildman–Crippen MR) is 88.5 cm³/mol. The summed E-state index contributed by atoms with van der Waals surface area (Å²) >= 11 is 1.83. The number of nitrogens with one attached hydrogen (secondary N) is 3. The third-order valence-electron chi connectivity index (χ3n) is 7.24. The summed E-state index contributed by atoms with van der Waals surface area (Å²) in [5.74, 6) is 0.152. The fourth-order valence-electron chi connectivity index (χ4n) is 6.41. The Bertz CT molecular complexity index is 915. The van der Waals surface area contributed by atoms with Crippen molar-refractivity contribution in [1.29, 1.82) is 0 Å². The number of thioether (sulfide) groups is 1. The predicted octanol–water partition coefficient (Wildman–Crippen LogP) is 0.0305. The Morgan fingerprint density at radius 2 is 2.29 bits per heavy atom. The quantitative estimate of drug-likeness (QED) is 0.538. The van der Waals surface area contributed by atoms with E-state index in [0.717, 1.165) is 37.2 Å². The smallest absolute Gasteiger partial charge is 0.225 e. The number of H-pyrrole nitrogens is 1. The molecule has 3 bridgehead atoms. The van der Waals surface area contributed by atoms with Crippen molar-refractivity contribution in [2.24, 2.45) is 5.41 Å². The van der Waals surface area contributed by atoms with Crippen molar-refractivity contribution in [1.82, 2.24) is 10.3 Å². The van der Waals surface area contributed by atoms with Crippen molar-refractivity contribution >= 4 is 17.5 Å². The van der Waals surface area contributed by atoms with Gasteiger partial charge in [-0.3, -0.25) is 4.79 Å². The molecule has 24 heavy (non-hydrogen) atoms. The van der Waals surface area contributed by atoms with Gasteiger partial charge < -0.3 is 20.3 Å². The SMILES string of the molecule is O=C1C2=C3C4c5c(c[nH]c51)CC[NH+]4C1CC34CC(N2)SC4=CC1O. The largest absolute Gasteiger partial charge is 0.383 e. The average Bonchev–Trinajstić information content (AvgIpc) is 3.11. The third-order valence-corrected chi connectivity index (χ3v) is 8.59. The number of aromatic nitrogens is 1. The molecule has 5 heterocycles. The Labute approximate surface area is 143 Å². The van der Waals surface area contributed by atoms with Gasteiger partial charge in [0.05, 0.1) is 23.3 Å². The van der Waals surface area contributed by atoms with Gasteiger partial charge in [0, 0.05) is 35.6 Å². The Morgan fingerprint density at radius 1 is 1.38 bits per heavy atom. The van der Waals surface area contributed by atoms with Crippen molar-refractivity contribution in [2.75, 3.05) is 6.54 Å². The number of piperidine rings is 1. The molecule has 1 spiro atoms. The van der Waals surface area contributed by atoms with Gasteiger partial charge in [0.1, 0.15) is 18.2 Å². The molecule has 1 aromatic rings. The van der Waals surface area contributed by atoms with Gasteiger partial charge in [-0.25, -0.2) is 0 Å². The molecule has 0 amide bonds. The summed E-state index contributed by atoms with van der Waals surface area (Å²) in [5.41, 5.74) is 5.54. The lowest BCUT2D eigenvalue weighted by Crippen LogP contribution is -3.20. The number of rotatable bonds is 0. The van der Waals surface area contributed by atoms with Gasteiger partial charge in [0.15, 0.2) is 0 Å². The molecule has 4 aliphatic heterocycles. The summed E-state index contributed by atoms with van der Waals surface area (Å²) in [6.45, 7) is 1.04. The lowest BCUT2D eigenvalue weighted by Gasteiger charge is -2.56. The summed E-state index contributed by atoms with van der Waals surface area (Å²) in [7, 11) is 0. The van der Waals surface area contributed by atoms with Gasteiger partial charge in [0.2, 0.25) is 5.78 Å². The lowest BCUT2D eigenvalue weighted by atomic mass is 9.58. The van der Waals surface area contributed by atoms with Crippen molar-refractivity contribution in [3.63, 3.8) is 0 Å². The number of aromatic amines is 1. The van der Waals surface area contributed by atoms with Gasteiger partial charge in [0.25, 0.3) is 0 Å². The average molecular weight is 340 g/mol. The molecular weight excluding hydrogens is 322 g/mol. The molecule has 0 radical (unpaired) electrons. The van der Waals surface area contributed by atoms with Crippen molar-refractivity contribution in [3.8, 4) is 0 Å². The van der Waals surface area contributed by atoms with Crippen LogP contribution in [0.1, 0.15) is 40.5 Å². The number of hydrogen-bond acceptors (Lipinski definition) is 4. The van der Waals surface area contributed by atoms with Gasteiger partial charge in [-0.15, -0.1) is 11.8 Å². The zero-order chi connectivity index (χ0) is 15.8. The second kappa shape index (κ2) is 3.69. The van der Waals surface area contributed by atoms with Crippen LogP contribution < -0.4 is 10.2 Å². The molecule has 6 aliphatic rings. The Morgan fingerprint density at radius 3 is 3.21 bits per heavy atom. The normalized spacial score (nSPS) is 46.0. The minimum Gasteiger partial charge on any atom is -0.383 e. The molecule has 2 saturated heterocycles. The number of quaternary nitrogens is 1. The van der Waals surface area contributed by atoms with E-state index in [1.54, 1.807) is 0 Å². The first kappa shape index (κ1) is 12.8. The Hall–Kier alpha value is -1.50. The molecule has 0 saturated carbocycles. The van der Waals surface area contributed by atoms with Crippen LogP contribution >= 0.6 is 11.8 Å². The van der Waals surface area contributed by atoms with Gasteiger partial charge in [-0.2, -0.15) is 0 Å². The minimum absolute atomic E-state index is 0.00715. The number of Topliss-reactive ketones (excluding diaryl/α,β-unsaturated/α-hetero) is 1. The number of allylic oxidation sites excluding steroid dienone is 2. The van der Waals surface area contributed by atoms with Crippen LogP contribution in [0, 0.1) is 5.41 Å². The van der Waals surface area contributed by atoms with Gasteiger partial charge in [-0.05, 0) is 23.0 Å². The van der Waals surface area contributed by atoms with Crippen LogP contribution in [0.4, 0.5) is 0 Å². The van der Waals surface area contributed by atoms with Crippen LogP contribution in [0.25, 0.3) is 0 Å². The topological polar surface area (TPSA) is 69.6 Å². The molecule has 2 aliphatic carbocycles. The third kappa shape index (κ3) is 1.15. The maximum absolute atomic E-state index is 13.2. The van der Waals surface area contributed by atoms with E-state index >= 15 is 0 Å². The molecular formula is C18H18N3O2S+. The zero-order valence-electron chi connectivity index (χ0n) is 13.1. The fraction of sp³-hybridized carbons (Fsp3) is 0.500. The summed E-state index contributed by atoms with van der Waals surface area (Å²) in [5, 5.41) is 14.6. The highest BCUT2D eigenvalue weighted by atomic mass is 32.2. The molecule has 0 aromatic carbocycles. The maximum atomic E-state index is 13.2. The first-order valence-electron chi connectivity index (χ1n) is 8.86. The van der Waals surface area contributed by atoms with E-state index in [2.05, 4.69) is 16.4 Å². The van der Waals surface area contributed by atoms with E-state index < -0.39 is 0 Å². The number of ketones is 1. The standard InChI is InChI=1S/C18H17N3O2S/c22-9-3-10-18-4-8(9)21-2-1-7-6-19-14-12(7)16(21)13(18)15(17(14)23)20-11(5-18)24-10/h3,6,8-9,11,16,19-20,22H,1-2,4-5H2/p+1. The number of fused-ring (bicyclic) bond motifs is 3. The number of carbonyl (C=O) groups excluding carboxylic acids is 1. The summed E-state index contributed by atoms with van der Waals surface area (Å²) in [6.07, 6.45) is 6.84. The summed E-state index contributed by atoms with van der Waals surface area (Å²) in [6, 6.07) is 0.497. The fourth-order valence-corrected chi connectivity index (χ4v) is 7.98. The number of hydrogen-bond donors (Lipinski definition) is 4. The van der Waals surface area contributed by atoms with Crippen LogP contribution in [0.2, 0.25) is 0 Å². The molecule has 2 fully saturated rings.